The number of benzene rings is 3. The van der Waals surface area contributed by atoms with Crippen molar-refractivity contribution in [3.8, 4) is 11.5 Å². The van der Waals surface area contributed by atoms with Crippen molar-refractivity contribution in [2.45, 2.75) is 26.2 Å². The average molecular weight is 497 g/mol. The standard InChI is InChI=1S/C26H25BrO5/c1-2-3-15-30-24-13-12-21(27)18-23(24)26(29)32-22-11-7-10-20(17-22)25(28)31-16-14-19-8-5-4-6-9-19/h4-13,17-18H,2-3,14-16H2,1H3. The van der Waals surface area contributed by atoms with Crippen molar-refractivity contribution in [1.82, 2.24) is 0 Å². The van der Waals surface area contributed by atoms with E-state index in [1.165, 1.54) is 6.07 Å². The van der Waals surface area contributed by atoms with E-state index in [1.807, 2.05) is 36.4 Å². The molecule has 166 valence electrons. The van der Waals surface area contributed by atoms with Crippen LogP contribution in [0.3, 0.4) is 0 Å². The van der Waals surface area contributed by atoms with E-state index in [0.717, 1.165) is 22.9 Å². The van der Waals surface area contributed by atoms with Crippen LogP contribution in [0.15, 0.2) is 77.3 Å². The van der Waals surface area contributed by atoms with E-state index < -0.39 is 11.9 Å². The lowest BCUT2D eigenvalue weighted by Gasteiger charge is -2.12. The summed E-state index contributed by atoms with van der Waals surface area (Å²) in [6.07, 6.45) is 2.51. The van der Waals surface area contributed by atoms with E-state index in [1.54, 1.807) is 30.3 Å². The zero-order chi connectivity index (χ0) is 22.8. The summed E-state index contributed by atoms with van der Waals surface area (Å²) in [6.45, 7) is 2.85. The number of carbonyl (C=O) groups excluding carboxylic acids is 2. The van der Waals surface area contributed by atoms with E-state index in [2.05, 4.69) is 22.9 Å². The summed E-state index contributed by atoms with van der Waals surface area (Å²) in [4.78, 5) is 25.2. The van der Waals surface area contributed by atoms with Crippen LogP contribution in [0.2, 0.25) is 0 Å². The molecule has 3 rings (SSSR count). The number of esters is 2. The molecule has 0 saturated carbocycles. The zero-order valence-corrected chi connectivity index (χ0v) is 19.5. The SMILES string of the molecule is CCCCOc1ccc(Br)cc1C(=O)Oc1cccc(C(=O)OCCc2ccccc2)c1. The molecule has 0 saturated heterocycles. The minimum absolute atomic E-state index is 0.256. The third-order valence-electron chi connectivity index (χ3n) is 4.66. The van der Waals surface area contributed by atoms with Gasteiger partial charge in [0, 0.05) is 10.9 Å². The Labute approximate surface area is 196 Å². The van der Waals surface area contributed by atoms with Crippen LogP contribution >= 0.6 is 15.9 Å². The molecule has 0 atom stereocenters. The molecule has 0 spiro atoms. The van der Waals surface area contributed by atoms with Gasteiger partial charge in [-0.05, 0) is 48.4 Å². The first kappa shape index (κ1) is 23.5. The average Bonchev–Trinajstić information content (AvgIpc) is 2.81. The first-order valence-electron chi connectivity index (χ1n) is 10.5. The summed E-state index contributed by atoms with van der Waals surface area (Å²) >= 11 is 3.38. The minimum Gasteiger partial charge on any atom is -0.493 e. The Balaban J connectivity index is 1.63. The van der Waals surface area contributed by atoms with Gasteiger partial charge in [0.25, 0.3) is 0 Å². The molecule has 3 aromatic carbocycles. The third-order valence-corrected chi connectivity index (χ3v) is 5.16. The summed E-state index contributed by atoms with van der Waals surface area (Å²) in [6, 6.07) is 21.4. The molecule has 32 heavy (non-hydrogen) atoms. The molecule has 0 aliphatic carbocycles. The lowest BCUT2D eigenvalue weighted by molar-refractivity contribution is 0.0507. The summed E-state index contributed by atoms with van der Waals surface area (Å²) in [5.74, 6) is -0.313. The molecule has 5 nitrogen and oxygen atoms in total. The Morgan fingerprint density at radius 1 is 0.875 bits per heavy atom. The van der Waals surface area contributed by atoms with Crippen LogP contribution in [0.1, 0.15) is 46.0 Å². The molecule has 0 radical (unpaired) electrons. The zero-order valence-electron chi connectivity index (χ0n) is 17.9. The number of unbranched alkanes of at least 4 members (excludes halogenated alkanes) is 1. The van der Waals surface area contributed by atoms with Crippen molar-refractivity contribution in [2.75, 3.05) is 13.2 Å². The van der Waals surface area contributed by atoms with Crippen LogP contribution in [-0.2, 0) is 11.2 Å². The van der Waals surface area contributed by atoms with E-state index in [4.69, 9.17) is 14.2 Å². The van der Waals surface area contributed by atoms with E-state index in [9.17, 15) is 9.59 Å². The highest BCUT2D eigenvalue weighted by molar-refractivity contribution is 9.10. The quantitative estimate of drug-likeness (QED) is 0.188. The van der Waals surface area contributed by atoms with Gasteiger partial charge in [-0.15, -0.1) is 0 Å². The van der Waals surface area contributed by atoms with E-state index in [0.29, 0.717) is 29.9 Å². The van der Waals surface area contributed by atoms with Crippen LogP contribution < -0.4 is 9.47 Å². The fourth-order valence-corrected chi connectivity index (χ4v) is 3.31. The van der Waals surface area contributed by atoms with E-state index in [-0.39, 0.29) is 12.4 Å². The molecule has 6 heteroatoms. The molecule has 0 fully saturated rings. The number of ether oxygens (including phenoxy) is 3. The highest BCUT2D eigenvalue weighted by atomic mass is 79.9. The van der Waals surface area contributed by atoms with Crippen LogP contribution in [0.25, 0.3) is 0 Å². The lowest BCUT2D eigenvalue weighted by Crippen LogP contribution is -2.12. The smallest absolute Gasteiger partial charge is 0.347 e. The van der Waals surface area contributed by atoms with Gasteiger partial charge in [-0.2, -0.15) is 0 Å². The van der Waals surface area contributed by atoms with Crippen LogP contribution in [0, 0.1) is 0 Å². The Morgan fingerprint density at radius 2 is 1.69 bits per heavy atom. The van der Waals surface area contributed by atoms with Crippen molar-refractivity contribution in [3.05, 3.63) is 94.0 Å². The Bertz CT molecular complexity index is 1050. The number of hydrogen-bond acceptors (Lipinski definition) is 5. The normalized spacial score (nSPS) is 10.4. The maximum Gasteiger partial charge on any atom is 0.347 e. The van der Waals surface area contributed by atoms with Gasteiger partial charge < -0.3 is 14.2 Å². The topological polar surface area (TPSA) is 61.8 Å². The molecule has 0 unspecified atom stereocenters. The summed E-state index contributed by atoms with van der Waals surface area (Å²) in [5.41, 5.74) is 1.72. The molecular formula is C26H25BrO5. The maximum absolute atomic E-state index is 12.8. The number of halogens is 1. The van der Waals surface area contributed by atoms with Crippen molar-refractivity contribution in [1.29, 1.82) is 0 Å². The highest BCUT2D eigenvalue weighted by Gasteiger charge is 2.17. The second-order valence-corrected chi connectivity index (χ2v) is 8.05. The Morgan fingerprint density at radius 3 is 2.47 bits per heavy atom. The number of rotatable bonds is 10. The third kappa shape index (κ3) is 6.95. The molecule has 0 aromatic heterocycles. The lowest BCUT2D eigenvalue weighted by atomic mass is 10.2. The predicted molar refractivity (Wildman–Crippen MR) is 126 cm³/mol. The van der Waals surface area contributed by atoms with Gasteiger partial charge in [-0.25, -0.2) is 9.59 Å². The first-order chi connectivity index (χ1) is 15.6. The largest absolute Gasteiger partial charge is 0.493 e. The molecular weight excluding hydrogens is 472 g/mol. The monoisotopic (exact) mass is 496 g/mol. The van der Waals surface area contributed by atoms with Crippen molar-refractivity contribution < 1.29 is 23.8 Å². The molecule has 0 bridgehead atoms. The molecule has 0 heterocycles. The Hall–Kier alpha value is -3.12. The minimum atomic E-state index is -0.563. The van der Waals surface area contributed by atoms with Gasteiger partial charge in [0.15, 0.2) is 0 Å². The van der Waals surface area contributed by atoms with Gasteiger partial charge in [0.1, 0.15) is 17.1 Å². The van der Waals surface area contributed by atoms with Crippen LogP contribution in [0.5, 0.6) is 11.5 Å². The fourth-order valence-electron chi connectivity index (χ4n) is 2.95. The Kier molecular flexibility index (Phi) is 8.87. The predicted octanol–water partition coefficient (Wildman–Crippen LogP) is 6.25. The van der Waals surface area contributed by atoms with Crippen molar-refractivity contribution >= 4 is 27.9 Å². The van der Waals surface area contributed by atoms with Crippen LogP contribution in [-0.4, -0.2) is 25.2 Å². The second kappa shape index (κ2) is 12.1. The molecule has 0 aliphatic rings. The summed E-state index contributed by atoms with van der Waals surface area (Å²) in [5, 5.41) is 0. The summed E-state index contributed by atoms with van der Waals surface area (Å²) in [7, 11) is 0. The van der Waals surface area contributed by atoms with Crippen LogP contribution in [0.4, 0.5) is 0 Å². The molecule has 0 aliphatic heterocycles. The maximum atomic E-state index is 12.8. The van der Waals surface area contributed by atoms with Gasteiger partial charge in [-0.3, -0.25) is 0 Å². The van der Waals surface area contributed by atoms with Gasteiger partial charge in [0.05, 0.1) is 18.8 Å². The summed E-state index contributed by atoms with van der Waals surface area (Å²) < 4.78 is 17.4. The number of hydrogen-bond donors (Lipinski definition) is 0. The van der Waals surface area contributed by atoms with Crippen molar-refractivity contribution in [3.63, 3.8) is 0 Å². The number of carbonyl (C=O) groups is 2. The van der Waals surface area contributed by atoms with Gasteiger partial charge >= 0.3 is 11.9 Å². The fraction of sp³-hybridized carbons (Fsp3) is 0.231. The second-order valence-electron chi connectivity index (χ2n) is 7.13. The molecule has 3 aromatic rings. The molecule has 0 N–H and O–H groups in total. The van der Waals surface area contributed by atoms with Gasteiger partial charge in [0.2, 0.25) is 0 Å². The van der Waals surface area contributed by atoms with Gasteiger partial charge in [-0.1, -0.05) is 65.7 Å². The van der Waals surface area contributed by atoms with Crippen molar-refractivity contribution in [2.24, 2.45) is 0 Å². The first-order valence-corrected chi connectivity index (χ1v) is 11.3. The highest BCUT2D eigenvalue weighted by Crippen LogP contribution is 2.26. The van der Waals surface area contributed by atoms with E-state index >= 15 is 0 Å². The molecule has 0 amide bonds.